The van der Waals surface area contributed by atoms with Gasteiger partial charge in [0.05, 0.1) is 0 Å². The van der Waals surface area contributed by atoms with Crippen LogP contribution in [0, 0.1) is 5.92 Å². The minimum atomic E-state index is 0.343. The molecule has 1 aromatic rings. The Morgan fingerprint density at radius 3 is 2.90 bits per heavy atom. The van der Waals surface area contributed by atoms with Gasteiger partial charge in [-0.2, -0.15) is 0 Å². The van der Waals surface area contributed by atoms with Crippen LogP contribution in [0.5, 0.6) is 11.5 Å². The SMILES string of the molecule is C[C@H]1CN(C)[C@@H](C)C[C@@H]1NCc1ccc2c(c1)OCO2. The average Bonchev–Trinajstić information content (AvgIpc) is 2.89. The van der Waals surface area contributed by atoms with E-state index in [2.05, 4.69) is 43.2 Å². The van der Waals surface area contributed by atoms with Crippen molar-refractivity contribution >= 4 is 0 Å². The van der Waals surface area contributed by atoms with Crippen molar-refractivity contribution in [1.82, 2.24) is 10.2 Å². The van der Waals surface area contributed by atoms with Crippen LogP contribution in [0.15, 0.2) is 18.2 Å². The third-order valence-electron chi connectivity index (χ3n) is 4.62. The minimum absolute atomic E-state index is 0.343. The molecule has 0 spiro atoms. The summed E-state index contributed by atoms with van der Waals surface area (Å²) in [4.78, 5) is 2.45. The van der Waals surface area contributed by atoms with E-state index in [1.807, 2.05) is 6.07 Å². The zero-order valence-corrected chi connectivity index (χ0v) is 12.6. The Labute approximate surface area is 121 Å². The van der Waals surface area contributed by atoms with Crippen LogP contribution in [0.2, 0.25) is 0 Å². The third-order valence-corrected chi connectivity index (χ3v) is 4.62. The predicted molar refractivity (Wildman–Crippen MR) is 79.1 cm³/mol. The van der Waals surface area contributed by atoms with Crippen LogP contribution < -0.4 is 14.8 Å². The Hall–Kier alpha value is -1.26. The van der Waals surface area contributed by atoms with E-state index in [0.717, 1.165) is 18.0 Å². The molecule has 4 nitrogen and oxygen atoms in total. The highest BCUT2D eigenvalue weighted by atomic mass is 16.7. The summed E-state index contributed by atoms with van der Waals surface area (Å²) in [7, 11) is 2.22. The van der Waals surface area contributed by atoms with Gasteiger partial charge in [-0.25, -0.2) is 0 Å². The Balaban J connectivity index is 1.59. The molecule has 0 saturated carbocycles. The van der Waals surface area contributed by atoms with Gasteiger partial charge in [-0.1, -0.05) is 13.0 Å². The van der Waals surface area contributed by atoms with E-state index in [0.29, 0.717) is 24.8 Å². The van der Waals surface area contributed by atoms with Crippen molar-refractivity contribution in [2.45, 2.75) is 38.9 Å². The van der Waals surface area contributed by atoms with Crippen LogP contribution in [0.25, 0.3) is 0 Å². The lowest BCUT2D eigenvalue weighted by atomic mass is 9.89. The second kappa shape index (κ2) is 5.62. The number of piperidine rings is 1. The number of likely N-dealkylation sites (tertiary alicyclic amines) is 1. The highest BCUT2D eigenvalue weighted by Crippen LogP contribution is 2.32. The van der Waals surface area contributed by atoms with Crippen molar-refractivity contribution in [3.63, 3.8) is 0 Å². The molecular weight excluding hydrogens is 252 g/mol. The van der Waals surface area contributed by atoms with Gasteiger partial charge in [-0.15, -0.1) is 0 Å². The largest absolute Gasteiger partial charge is 0.454 e. The molecule has 1 aromatic carbocycles. The summed E-state index contributed by atoms with van der Waals surface area (Å²) in [6.45, 7) is 7.04. The summed E-state index contributed by atoms with van der Waals surface area (Å²) in [5.74, 6) is 2.41. The Kier molecular flexibility index (Phi) is 3.85. The van der Waals surface area contributed by atoms with Crippen LogP contribution in [0.4, 0.5) is 0 Å². The maximum Gasteiger partial charge on any atom is 0.231 e. The van der Waals surface area contributed by atoms with Crippen LogP contribution in [0.3, 0.4) is 0 Å². The van der Waals surface area contributed by atoms with Crippen molar-refractivity contribution in [1.29, 1.82) is 0 Å². The van der Waals surface area contributed by atoms with Crippen molar-refractivity contribution in [3.05, 3.63) is 23.8 Å². The lowest BCUT2D eigenvalue weighted by Crippen LogP contribution is -2.50. The number of hydrogen-bond donors (Lipinski definition) is 1. The second-order valence-corrected chi connectivity index (χ2v) is 6.18. The zero-order valence-electron chi connectivity index (χ0n) is 12.6. The lowest BCUT2D eigenvalue weighted by molar-refractivity contribution is 0.121. The molecule has 0 unspecified atom stereocenters. The van der Waals surface area contributed by atoms with Gasteiger partial charge in [-0.3, -0.25) is 0 Å². The number of ether oxygens (including phenoxy) is 2. The molecule has 0 amide bonds. The fraction of sp³-hybridized carbons (Fsp3) is 0.625. The first-order valence-electron chi connectivity index (χ1n) is 7.45. The van der Waals surface area contributed by atoms with E-state index in [9.17, 15) is 0 Å². The molecule has 2 heterocycles. The van der Waals surface area contributed by atoms with Gasteiger partial charge in [0.25, 0.3) is 0 Å². The third kappa shape index (κ3) is 2.76. The first-order chi connectivity index (χ1) is 9.63. The summed E-state index contributed by atoms with van der Waals surface area (Å²) >= 11 is 0. The second-order valence-electron chi connectivity index (χ2n) is 6.18. The van der Waals surface area contributed by atoms with E-state index >= 15 is 0 Å². The highest BCUT2D eigenvalue weighted by molar-refractivity contribution is 5.44. The molecule has 1 N–H and O–H groups in total. The molecule has 2 aliphatic heterocycles. The van der Waals surface area contributed by atoms with E-state index < -0.39 is 0 Å². The molecule has 20 heavy (non-hydrogen) atoms. The van der Waals surface area contributed by atoms with Crippen LogP contribution in [-0.2, 0) is 6.54 Å². The summed E-state index contributed by atoms with van der Waals surface area (Å²) in [5.41, 5.74) is 1.26. The van der Waals surface area contributed by atoms with Gasteiger partial charge in [-0.05, 0) is 44.0 Å². The van der Waals surface area contributed by atoms with Gasteiger partial charge >= 0.3 is 0 Å². The van der Waals surface area contributed by atoms with Crippen LogP contribution in [-0.4, -0.2) is 37.4 Å². The van der Waals surface area contributed by atoms with E-state index in [1.165, 1.54) is 18.5 Å². The molecule has 2 aliphatic rings. The number of hydrogen-bond acceptors (Lipinski definition) is 4. The minimum Gasteiger partial charge on any atom is -0.454 e. The van der Waals surface area contributed by atoms with Crippen molar-refractivity contribution in [2.24, 2.45) is 5.92 Å². The predicted octanol–water partition coefficient (Wildman–Crippen LogP) is 2.23. The molecule has 0 aromatic heterocycles. The first-order valence-corrected chi connectivity index (χ1v) is 7.45. The summed E-state index contributed by atoms with van der Waals surface area (Å²) in [6.07, 6.45) is 1.21. The number of rotatable bonds is 3. The van der Waals surface area contributed by atoms with Gasteiger partial charge < -0.3 is 19.7 Å². The molecule has 110 valence electrons. The summed E-state index contributed by atoms with van der Waals surface area (Å²) in [6, 6.07) is 7.44. The van der Waals surface area contributed by atoms with Gasteiger partial charge in [0.2, 0.25) is 6.79 Å². The Morgan fingerprint density at radius 1 is 1.25 bits per heavy atom. The van der Waals surface area contributed by atoms with E-state index in [-0.39, 0.29) is 0 Å². The normalized spacial score (nSPS) is 29.6. The van der Waals surface area contributed by atoms with Gasteiger partial charge in [0.1, 0.15) is 0 Å². The van der Waals surface area contributed by atoms with E-state index in [1.54, 1.807) is 0 Å². The lowest BCUT2D eigenvalue weighted by Gasteiger charge is -2.40. The first kappa shape index (κ1) is 13.7. The molecule has 0 bridgehead atoms. The average molecular weight is 276 g/mol. The summed E-state index contributed by atoms with van der Waals surface area (Å²) < 4.78 is 10.8. The Morgan fingerprint density at radius 2 is 2.05 bits per heavy atom. The number of fused-ring (bicyclic) bond motifs is 1. The quantitative estimate of drug-likeness (QED) is 0.918. The maximum atomic E-state index is 5.43. The van der Waals surface area contributed by atoms with Crippen molar-refractivity contribution < 1.29 is 9.47 Å². The molecule has 1 saturated heterocycles. The number of nitrogens with one attached hydrogen (secondary N) is 1. The standard InChI is InChI=1S/C16H24N2O2/c1-11-9-18(3)12(2)6-14(11)17-8-13-4-5-15-16(7-13)20-10-19-15/h4-5,7,11-12,14,17H,6,8-10H2,1-3H3/t11-,12-,14-/m0/s1. The number of nitrogens with zero attached hydrogens (tertiary/aromatic N) is 1. The van der Waals surface area contributed by atoms with E-state index in [4.69, 9.17) is 9.47 Å². The molecular formula is C16H24N2O2. The fourth-order valence-corrected chi connectivity index (χ4v) is 3.13. The maximum absolute atomic E-state index is 5.43. The number of benzene rings is 1. The molecule has 1 fully saturated rings. The zero-order chi connectivity index (χ0) is 14.1. The van der Waals surface area contributed by atoms with Crippen LogP contribution >= 0.6 is 0 Å². The van der Waals surface area contributed by atoms with Gasteiger partial charge in [0, 0.05) is 25.2 Å². The molecule has 3 atom stereocenters. The van der Waals surface area contributed by atoms with Crippen molar-refractivity contribution in [3.8, 4) is 11.5 Å². The molecule has 3 rings (SSSR count). The van der Waals surface area contributed by atoms with Crippen LogP contribution in [0.1, 0.15) is 25.8 Å². The molecule has 4 heteroatoms. The molecule has 0 radical (unpaired) electrons. The molecule has 0 aliphatic carbocycles. The monoisotopic (exact) mass is 276 g/mol. The smallest absolute Gasteiger partial charge is 0.231 e. The van der Waals surface area contributed by atoms with Crippen molar-refractivity contribution in [2.75, 3.05) is 20.4 Å². The topological polar surface area (TPSA) is 33.7 Å². The van der Waals surface area contributed by atoms with Gasteiger partial charge in [0.15, 0.2) is 11.5 Å². The Bertz CT molecular complexity index is 478. The fourth-order valence-electron chi connectivity index (χ4n) is 3.13. The highest BCUT2D eigenvalue weighted by Gasteiger charge is 2.28. The summed E-state index contributed by atoms with van der Waals surface area (Å²) in [5, 5.41) is 3.71.